The summed E-state index contributed by atoms with van der Waals surface area (Å²) in [4.78, 5) is 14.7. The summed E-state index contributed by atoms with van der Waals surface area (Å²) in [7, 11) is -3.77. The van der Waals surface area contributed by atoms with E-state index >= 15 is 0 Å². The van der Waals surface area contributed by atoms with Crippen LogP contribution >= 0.6 is 15.9 Å². The van der Waals surface area contributed by atoms with E-state index in [9.17, 15) is 13.2 Å². The van der Waals surface area contributed by atoms with Crippen molar-refractivity contribution in [3.05, 3.63) is 76.8 Å². The Hall–Kier alpha value is -3.04. The van der Waals surface area contributed by atoms with Crippen molar-refractivity contribution in [2.24, 2.45) is 0 Å². The predicted molar refractivity (Wildman–Crippen MR) is 135 cm³/mol. The van der Waals surface area contributed by atoms with E-state index in [-0.39, 0.29) is 23.5 Å². The summed E-state index contributed by atoms with van der Waals surface area (Å²) in [5.74, 6) is 0.930. The third-order valence-corrected chi connectivity index (χ3v) is 7.33. The maximum Gasteiger partial charge on any atom is 0.265 e. The number of halogens is 1. The Labute approximate surface area is 207 Å². The third kappa shape index (κ3) is 5.37. The first kappa shape index (κ1) is 24.1. The monoisotopic (exact) mass is 544 g/mol. The minimum atomic E-state index is -3.77. The van der Waals surface area contributed by atoms with Gasteiger partial charge in [0.15, 0.2) is 6.61 Å². The zero-order chi connectivity index (χ0) is 24.3. The summed E-state index contributed by atoms with van der Waals surface area (Å²) >= 11 is 3.47. The lowest BCUT2D eigenvalue weighted by atomic mass is 10.1. The molecule has 4 rings (SSSR count). The fourth-order valence-electron chi connectivity index (χ4n) is 3.91. The molecule has 1 unspecified atom stereocenters. The van der Waals surface area contributed by atoms with E-state index in [4.69, 9.17) is 9.47 Å². The molecule has 3 aromatic carbocycles. The molecule has 0 fully saturated rings. The second kappa shape index (κ2) is 10.1. The van der Waals surface area contributed by atoms with Gasteiger partial charge < -0.3 is 14.4 Å². The lowest BCUT2D eigenvalue weighted by Crippen LogP contribution is -2.39. The van der Waals surface area contributed by atoms with Crippen molar-refractivity contribution in [1.29, 1.82) is 0 Å². The van der Waals surface area contributed by atoms with Crippen LogP contribution < -0.4 is 19.1 Å². The molecule has 3 aromatic rings. The molecule has 1 N–H and O–H groups in total. The van der Waals surface area contributed by atoms with Crippen LogP contribution in [0, 0.1) is 0 Å². The largest absolute Gasteiger partial charge is 0.494 e. The Balaban J connectivity index is 1.38. The molecule has 178 valence electrons. The van der Waals surface area contributed by atoms with Crippen molar-refractivity contribution in [1.82, 2.24) is 0 Å². The van der Waals surface area contributed by atoms with Crippen LogP contribution in [0.1, 0.15) is 19.4 Å². The Morgan fingerprint density at radius 1 is 1.03 bits per heavy atom. The molecule has 0 aromatic heterocycles. The number of fused-ring (bicyclic) bond motifs is 1. The Morgan fingerprint density at radius 2 is 1.68 bits per heavy atom. The Morgan fingerprint density at radius 3 is 2.35 bits per heavy atom. The molecule has 1 heterocycles. The normalized spacial score (nSPS) is 15.0. The highest BCUT2D eigenvalue weighted by Gasteiger charge is 2.31. The molecule has 7 nitrogen and oxygen atoms in total. The van der Waals surface area contributed by atoms with Gasteiger partial charge in [-0.05, 0) is 92.6 Å². The van der Waals surface area contributed by atoms with Crippen molar-refractivity contribution in [3.63, 3.8) is 0 Å². The average molecular weight is 545 g/mol. The number of carbonyl (C=O) groups is 1. The number of hydrogen-bond acceptors (Lipinski definition) is 5. The van der Waals surface area contributed by atoms with Gasteiger partial charge >= 0.3 is 0 Å². The van der Waals surface area contributed by atoms with Crippen LogP contribution in [0.5, 0.6) is 11.5 Å². The summed E-state index contributed by atoms with van der Waals surface area (Å²) < 4.78 is 39.9. The number of rotatable bonds is 8. The number of benzene rings is 3. The van der Waals surface area contributed by atoms with E-state index in [0.29, 0.717) is 23.8 Å². The van der Waals surface area contributed by atoms with Crippen molar-refractivity contribution in [3.8, 4) is 11.5 Å². The summed E-state index contributed by atoms with van der Waals surface area (Å²) in [6.07, 6.45) is 0.786. The smallest absolute Gasteiger partial charge is 0.265 e. The predicted octanol–water partition coefficient (Wildman–Crippen LogP) is 5.01. The second-order valence-electron chi connectivity index (χ2n) is 7.91. The zero-order valence-corrected chi connectivity index (χ0v) is 21.2. The highest BCUT2D eigenvalue weighted by atomic mass is 79.9. The highest BCUT2D eigenvalue weighted by molar-refractivity contribution is 9.10. The Kier molecular flexibility index (Phi) is 7.13. The van der Waals surface area contributed by atoms with E-state index in [1.54, 1.807) is 41.3 Å². The number of nitrogens with zero attached hydrogens (tertiary/aromatic N) is 1. The summed E-state index contributed by atoms with van der Waals surface area (Å²) in [5, 5.41) is 0. The first-order valence-corrected chi connectivity index (χ1v) is 13.1. The quantitative estimate of drug-likeness (QED) is 0.431. The van der Waals surface area contributed by atoms with Gasteiger partial charge in [0.25, 0.3) is 15.9 Å². The first-order chi connectivity index (χ1) is 16.3. The summed E-state index contributed by atoms with van der Waals surface area (Å²) in [5.41, 5.74) is 2.44. The molecule has 1 aliphatic heterocycles. The maximum atomic E-state index is 12.8. The highest BCUT2D eigenvalue weighted by Crippen LogP contribution is 2.34. The van der Waals surface area contributed by atoms with Crippen LogP contribution in [0.15, 0.2) is 76.1 Å². The SMILES string of the molecule is CCOc1ccc(NS(=O)(=O)c2ccc(OCC(=O)N3c4ccc(Br)cc4CC3C)cc2)cc1. The molecule has 1 atom stereocenters. The van der Waals surface area contributed by atoms with Gasteiger partial charge in [0.1, 0.15) is 11.5 Å². The average Bonchev–Trinajstić information content (AvgIpc) is 3.14. The van der Waals surface area contributed by atoms with Gasteiger partial charge in [-0.15, -0.1) is 0 Å². The second-order valence-corrected chi connectivity index (χ2v) is 10.5. The van der Waals surface area contributed by atoms with Gasteiger partial charge in [0.2, 0.25) is 0 Å². The van der Waals surface area contributed by atoms with Crippen LogP contribution in [-0.2, 0) is 21.2 Å². The zero-order valence-electron chi connectivity index (χ0n) is 18.8. The van der Waals surface area contributed by atoms with Crippen molar-refractivity contribution in [2.45, 2.75) is 31.2 Å². The molecule has 0 spiro atoms. The van der Waals surface area contributed by atoms with E-state index in [1.807, 2.05) is 32.0 Å². The van der Waals surface area contributed by atoms with E-state index in [0.717, 1.165) is 22.1 Å². The van der Waals surface area contributed by atoms with E-state index < -0.39 is 10.0 Å². The van der Waals surface area contributed by atoms with Crippen LogP contribution in [0.2, 0.25) is 0 Å². The van der Waals surface area contributed by atoms with Gasteiger partial charge in [-0.25, -0.2) is 8.42 Å². The van der Waals surface area contributed by atoms with Crippen LogP contribution in [0.3, 0.4) is 0 Å². The van der Waals surface area contributed by atoms with Crippen LogP contribution in [-0.4, -0.2) is 33.6 Å². The molecule has 9 heteroatoms. The van der Waals surface area contributed by atoms with Gasteiger partial charge in [0.05, 0.1) is 11.5 Å². The molecular weight excluding hydrogens is 520 g/mol. The van der Waals surface area contributed by atoms with Crippen LogP contribution in [0.25, 0.3) is 0 Å². The number of carbonyl (C=O) groups excluding carboxylic acids is 1. The minimum Gasteiger partial charge on any atom is -0.494 e. The lowest BCUT2D eigenvalue weighted by Gasteiger charge is -2.22. The molecule has 1 amide bonds. The first-order valence-electron chi connectivity index (χ1n) is 10.9. The third-order valence-electron chi connectivity index (χ3n) is 5.44. The summed E-state index contributed by atoms with van der Waals surface area (Å²) in [6, 6.07) is 18.6. The fourth-order valence-corrected chi connectivity index (χ4v) is 5.38. The van der Waals surface area contributed by atoms with Crippen molar-refractivity contribution >= 4 is 43.2 Å². The number of amides is 1. The van der Waals surface area contributed by atoms with Crippen molar-refractivity contribution in [2.75, 3.05) is 22.8 Å². The number of anilines is 2. The topological polar surface area (TPSA) is 84.9 Å². The molecule has 0 saturated heterocycles. The molecule has 0 aliphatic carbocycles. The van der Waals surface area contributed by atoms with E-state index in [2.05, 4.69) is 20.7 Å². The molecular formula is C25H25BrN2O5S. The van der Waals surface area contributed by atoms with Gasteiger partial charge in [0, 0.05) is 21.9 Å². The van der Waals surface area contributed by atoms with E-state index in [1.165, 1.54) is 12.1 Å². The van der Waals surface area contributed by atoms with Gasteiger partial charge in [-0.2, -0.15) is 0 Å². The number of hydrogen-bond donors (Lipinski definition) is 1. The molecule has 0 radical (unpaired) electrons. The standard InChI is InChI=1S/C25H25BrN2O5S/c1-3-32-21-7-5-20(6-8-21)27-34(30,31)23-11-9-22(10-12-23)33-16-25(29)28-17(2)14-18-15-19(26)4-13-24(18)28/h4-13,15,17,27H,3,14,16H2,1-2H3. The summed E-state index contributed by atoms with van der Waals surface area (Å²) in [6.45, 7) is 4.28. The molecule has 0 saturated carbocycles. The van der Waals surface area contributed by atoms with Crippen molar-refractivity contribution < 1.29 is 22.7 Å². The lowest BCUT2D eigenvalue weighted by molar-refractivity contribution is -0.120. The Bertz CT molecular complexity index is 1280. The minimum absolute atomic E-state index is 0.0431. The van der Waals surface area contributed by atoms with Gasteiger partial charge in [-0.3, -0.25) is 9.52 Å². The number of ether oxygens (including phenoxy) is 2. The molecule has 34 heavy (non-hydrogen) atoms. The number of sulfonamides is 1. The number of nitrogens with one attached hydrogen (secondary N) is 1. The molecule has 1 aliphatic rings. The van der Waals surface area contributed by atoms with Gasteiger partial charge in [-0.1, -0.05) is 15.9 Å². The van der Waals surface area contributed by atoms with Crippen LogP contribution in [0.4, 0.5) is 11.4 Å². The fraction of sp³-hybridized carbons (Fsp3) is 0.240. The molecule has 0 bridgehead atoms. The maximum absolute atomic E-state index is 12.8.